The first-order chi connectivity index (χ1) is 8.13. The van der Waals surface area contributed by atoms with Crippen LogP contribution in [-0.2, 0) is 16.0 Å². The van der Waals surface area contributed by atoms with Gasteiger partial charge in [0.2, 0.25) is 0 Å². The van der Waals surface area contributed by atoms with E-state index in [0.717, 1.165) is 5.56 Å². The van der Waals surface area contributed by atoms with Crippen LogP contribution < -0.4 is 5.73 Å². The molecule has 0 aliphatic heterocycles. The van der Waals surface area contributed by atoms with Crippen LogP contribution in [0.2, 0.25) is 0 Å². The van der Waals surface area contributed by atoms with Gasteiger partial charge in [0.1, 0.15) is 6.61 Å². The summed E-state index contributed by atoms with van der Waals surface area (Å²) in [5.41, 5.74) is 6.99. The Labute approximate surface area is 98.3 Å². The van der Waals surface area contributed by atoms with Gasteiger partial charge in [0.05, 0.1) is 6.61 Å². The summed E-state index contributed by atoms with van der Waals surface area (Å²) < 4.78 is 4.92. The van der Waals surface area contributed by atoms with Crippen LogP contribution in [0.4, 0.5) is 0 Å². The molecule has 6 heteroatoms. The molecule has 0 bridgehead atoms. The second-order valence-electron chi connectivity index (χ2n) is 3.38. The second kappa shape index (κ2) is 6.49. The molecular weight excluding hydrogens is 224 g/mol. The Balaban J connectivity index is 2.51. The third kappa shape index (κ3) is 4.52. The Hall–Kier alpha value is -2.08. The zero-order valence-corrected chi connectivity index (χ0v) is 9.17. The first-order valence-corrected chi connectivity index (χ1v) is 5.00. The smallest absolute Gasteiger partial charge is 0.329 e. The Bertz CT molecular complexity index is 418. The van der Waals surface area contributed by atoms with Crippen molar-refractivity contribution in [3.05, 3.63) is 35.4 Å². The second-order valence-corrected chi connectivity index (χ2v) is 3.38. The predicted molar refractivity (Wildman–Crippen MR) is 61.1 cm³/mol. The van der Waals surface area contributed by atoms with Crippen molar-refractivity contribution in [2.75, 3.05) is 13.2 Å². The third-order valence-electron chi connectivity index (χ3n) is 2.09. The molecule has 0 amide bonds. The van der Waals surface area contributed by atoms with Crippen LogP contribution in [0.5, 0.6) is 0 Å². The van der Waals surface area contributed by atoms with E-state index in [1.165, 1.54) is 0 Å². The minimum Gasteiger partial charge on any atom is -0.480 e. The summed E-state index contributed by atoms with van der Waals surface area (Å²) in [5.74, 6) is -0.950. The first-order valence-electron chi connectivity index (χ1n) is 5.00. The number of hydrogen-bond acceptors (Lipinski definition) is 4. The number of nitrogens with zero attached hydrogens (tertiary/aromatic N) is 1. The number of hydrogen-bond donors (Lipinski definition) is 3. The zero-order chi connectivity index (χ0) is 12.7. The van der Waals surface area contributed by atoms with Gasteiger partial charge in [-0.2, -0.15) is 0 Å². The molecule has 6 nitrogen and oxygen atoms in total. The molecule has 0 aliphatic carbocycles. The molecule has 0 unspecified atom stereocenters. The Kier molecular flexibility index (Phi) is 4.96. The van der Waals surface area contributed by atoms with E-state index in [1.807, 2.05) is 6.07 Å². The average molecular weight is 238 g/mol. The molecule has 0 atom stereocenters. The number of amidine groups is 1. The maximum atomic E-state index is 10.2. The van der Waals surface area contributed by atoms with E-state index in [-0.39, 0.29) is 12.4 Å². The number of ether oxygens (including phenoxy) is 1. The summed E-state index contributed by atoms with van der Waals surface area (Å²) in [7, 11) is 0. The van der Waals surface area contributed by atoms with Crippen LogP contribution in [0.25, 0.3) is 0 Å². The lowest BCUT2D eigenvalue weighted by molar-refractivity contribution is -0.142. The van der Waals surface area contributed by atoms with Crippen LogP contribution >= 0.6 is 0 Å². The van der Waals surface area contributed by atoms with Gasteiger partial charge in [0.25, 0.3) is 0 Å². The molecule has 0 aliphatic rings. The highest BCUT2D eigenvalue weighted by Gasteiger charge is 2.01. The number of aliphatic carboxylic acids is 1. The monoisotopic (exact) mass is 238 g/mol. The van der Waals surface area contributed by atoms with Crippen molar-refractivity contribution in [2.24, 2.45) is 10.9 Å². The first kappa shape index (κ1) is 13.0. The van der Waals surface area contributed by atoms with Crippen molar-refractivity contribution in [1.82, 2.24) is 0 Å². The van der Waals surface area contributed by atoms with E-state index in [0.29, 0.717) is 18.6 Å². The minimum absolute atomic E-state index is 0.0401. The fourth-order valence-corrected chi connectivity index (χ4v) is 1.29. The van der Waals surface area contributed by atoms with Crippen molar-refractivity contribution >= 4 is 11.8 Å². The highest BCUT2D eigenvalue weighted by Crippen LogP contribution is 2.06. The lowest BCUT2D eigenvalue weighted by Gasteiger charge is -2.04. The molecule has 0 saturated carbocycles. The van der Waals surface area contributed by atoms with Crippen LogP contribution in [0, 0.1) is 0 Å². The average Bonchev–Trinajstić information content (AvgIpc) is 2.34. The lowest BCUT2D eigenvalue weighted by Crippen LogP contribution is -2.13. The summed E-state index contributed by atoms with van der Waals surface area (Å²) >= 11 is 0. The number of carbonyl (C=O) groups is 1. The molecular formula is C11H14N2O4. The molecule has 0 saturated heterocycles. The maximum Gasteiger partial charge on any atom is 0.329 e. The highest BCUT2D eigenvalue weighted by molar-refractivity contribution is 5.97. The maximum absolute atomic E-state index is 10.2. The van der Waals surface area contributed by atoms with Gasteiger partial charge < -0.3 is 20.8 Å². The van der Waals surface area contributed by atoms with Crippen LogP contribution in [0.3, 0.4) is 0 Å². The van der Waals surface area contributed by atoms with E-state index in [1.54, 1.807) is 18.2 Å². The fraction of sp³-hybridized carbons (Fsp3) is 0.273. The molecule has 1 rings (SSSR count). The standard InChI is InChI=1S/C11H14N2O4/c12-11(13-16)9-3-1-2-8(6-9)4-5-17-7-10(14)15/h1-3,6,16H,4-5,7H2,(H2,12,13)(H,14,15). The molecule has 0 radical (unpaired) electrons. The van der Waals surface area contributed by atoms with Gasteiger partial charge in [0, 0.05) is 5.56 Å². The zero-order valence-electron chi connectivity index (χ0n) is 9.17. The Morgan fingerprint density at radius 1 is 1.47 bits per heavy atom. The van der Waals surface area contributed by atoms with E-state index in [9.17, 15) is 4.79 Å². The predicted octanol–water partition coefficient (Wildman–Crippen LogP) is 0.425. The molecule has 0 aromatic heterocycles. The van der Waals surface area contributed by atoms with E-state index < -0.39 is 5.97 Å². The van der Waals surface area contributed by atoms with E-state index in [2.05, 4.69) is 5.16 Å². The SMILES string of the molecule is N/C(=N/O)c1cccc(CCOCC(=O)O)c1. The Morgan fingerprint density at radius 2 is 2.24 bits per heavy atom. The van der Waals surface area contributed by atoms with Gasteiger partial charge in [0.15, 0.2) is 5.84 Å². The van der Waals surface area contributed by atoms with Gasteiger partial charge in [-0.1, -0.05) is 23.4 Å². The molecule has 0 fully saturated rings. The molecule has 17 heavy (non-hydrogen) atoms. The van der Waals surface area contributed by atoms with E-state index >= 15 is 0 Å². The van der Waals surface area contributed by atoms with Crippen molar-refractivity contribution < 1.29 is 19.8 Å². The van der Waals surface area contributed by atoms with Gasteiger partial charge in [-0.15, -0.1) is 0 Å². The highest BCUT2D eigenvalue weighted by atomic mass is 16.5. The van der Waals surface area contributed by atoms with Crippen molar-refractivity contribution in [1.29, 1.82) is 0 Å². The number of carboxylic acids is 1. The largest absolute Gasteiger partial charge is 0.480 e. The Morgan fingerprint density at radius 3 is 2.88 bits per heavy atom. The quantitative estimate of drug-likeness (QED) is 0.219. The summed E-state index contributed by atoms with van der Waals surface area (Å²) in [5, 5.41) is 19.8. The fourth-order valence-electron chi connectivity index (χ4n) is 1.29. The lowest BCUT2D eigenvalue weighted by atomic mass is 10.1. The molecule has 1 aromatic rings. The van der Waals surface area contributed by atoms with Crippen LogP contribution in [0.15, 0.2) is 29.4 Å². The van der Waals surface area contributed by atoms with Gasteiger partial charge in [-0.3, -0.25) is 0 Å². The topological polar surface area (TPSA) is 105 Å². The molecule has 0 heterocycles. The number of benzene rings is 1. The van der Waals surface area contributed by atoms with Gasteiger partial charge in [-0.05, 0) is 18.1 Å². The van der Waals surface area contributed by atoms with Gasteiger partial charge >= 0.3 is 5.97 Å². The normalized spacial score (nSPS) is 11.4. The minimum atomic E-state index is -0.990. The summed E-state index contributed by atoms with van der Waals surface area (Å²) in [4.78, 5) is 10.2. The molecule has 0 spiro atoms. The molecule has 92 valence electrons. The summed E-state index contributed by atoms with van der Waals surface area (Å²) in [6.07, 6.45) is 0.569. The number of rotatable bonds is 6. The summed E-state index contributed by atoms with van der Waals surface area (Å²) in [6, 6.07) is 7.12. The number of carboxylic acid groups (broad SMARTS) is 1. The van der Waals surface area contributed by atoms with Crippen LogP contribution in [0.1, 0.15) is 11.1 Å². The van der Waals surface area contributed by atoms with E-state index in [4.69, 9.17) is 20.8 Å². The summed E-state index contributed by atoms with van der Waals surface area (Å²) in [6.45, 7) is 0.00581. The van der Waals surface area contributed by atoms with Gasteiger partial charge in [-0.25, -0.2) is 4.79 Å². The van der Waals surface area contributed by atoms with Crippen molar-refractivity contribution in [3.63, 3.8) is 0 Å². The van der Waals surface area contributed by atoms with Crippen molar-refractivity contribution in [2.45, 2.75) is 6.42 Å². The molecule has 4 N–H and O–H groups in total. The van der Waals surface area contributed by atoms with Crippen molar-refractivity contribution in [3.8, 4) is 0 Å². The third-order valence-corrected chi connectivity index (χ3v) is 2.09. The number of nitrogens with two attached hydrogens (primary N) is 1. The van der Waals surface area contributed by atoms with Crippen LogP contribution in [-0.4, -0.2) is 35.3 Å². The molecule has 1 aromatic carbocycles. The number of oxime groups is 1.